The van der Waals surface area contributed by atoms with Gasteiger partial charge in [0.25, 0.3) is 0 Å². The first-order valence-corrected chi connectivity index (χ1v) is 8.29. The van der Waals surface area contributed by atoms with Crippen molar-refractivity contribution in [1.82, 2.24) is 9.97 Å². The number of hydrogen-bond donors (Lipinski definition) is 2. The molecule has 0 bridgehead atoms. The lowest BCUT2D eigenvalue weighted by Crippen LogP contribution is -2.24. The van der Waals surface area contributed by atoms with Gasteiger partial charge in [-0.3, -0.25) is 0 Å². The first kappa shape index (κ1) is 17.7. The quantitative estimate of drug-likeness (QED) is 0.618. The van der Waals surface area contributed by atoms with E-state index in [0.29, 0.717) is 5.41 Å². The highest BCUT2D eigenvalue weighted by atomic mass is 15.1. The van der Waals surface area contributed by atoms with E-state index in [-0.39, 0.29) is 0 Å². The predicted molar refractivity (Wildman–Crippen MR) is 92.0 cm³/mol. The summed E-state index contributed by atoms with van der Waals surface area (Å²) in [4.78, 5) is 8.70. The van der Waals surface area contributed by atoms with Crippen LogP contribution in [-0.2, 0) is 0 Å². The molecule has 0 unspecified atom stereocenters. The van der Waals surface area contributed by atoms with E-state index in [4.69, 9.17) is 0 Å². The smallest absolute Gasteiger partial charge is 0.134 e. The van der Waals surface area contributed by atoms with Gasteiger partial charge >= 0.3 is 0 Å². The van der Waals surface area contributed by atoms with Crippen LogP contribution in [0.25, 0.3) is 0 Å². The molecule has 0 fully saturated rings. The standard InChI is InChI=1S/C17H32N4/c1-6-8-9-10-17(4,5)12-19-16-14(3)15(18-11-7-2)20-13-21-16/h13H,6-12H2,1-5H3,(H2,18,19,20,21). The van der Waals surface area contributed by atoms with Crippen LogP contribution in [0.15, 0.2) is 6.33 Å². The van der Waals surface area contributed by atoms with Gasteiger partial charge in [-0.05, 0) is 25.2 Å². The molecular weight excluding hydrogens is 260 g/mol. The highest BCUT2D eigenvalue weighted by molar-refractivity contribution is 5.56. The Balaban J connectivity index is 2.58. The van der Waals surface area contributed by atoms with E-state index in [1.54, 1.807) is 6.33 Å². The number of anilines is 2. The Kier molecular flexibility index (Phi) is 7.48. The topological polar surface area (TPSA) is 49.8 Å². The molecule has 0 radical (unpaired) electrons. The van der Waals surface area contributed by atoms with Crippen molar-refractivity contribution in [2.75, 3.05) is 23.7 Å². The molecule has 2 N–H and O–H groups in total. The minimum Gasteiger partial charge on any atom is -0.370 e. The maximum Gasteiger partial charge on any atom is 0.134 e. The Morgan fingerprint density at radius 1 is 1.00 bits per heavy atom. The van der Waals surface area contributed by atoms with E-state index in [1.807, 2.05) is 0 Å². The minimum absolute atomic E-state index is 0.295. The maximum atomic E-state index is 4.38. The van der Waals surface area contributed by atoms with E-state index in [0.717, 1.165) is 36.7 Å². The third-order valence-corrected chi connectivity index (χ3v) is 3.82. The zero-order valence-corrected chi connectivity index (χ0v) is 14.4. The first-order chi connectivity index (χ1) is 10.00. The summed E-state index contributed by atoms with van der Waals surface area (Å²) in [6.45, 7) is 13.0. The van der Waals surface area contributed by atoms with Crippen molar-refractivity contribution in [2.24, 2.45) is 5.41 Å². The van der Waals surface area contributed by atoms with Gasteiger partial charge in [0.15, 0.2) is 0 Å². The molecule has 1 heterocycles. The lowest BCUT2D eigenvalue weighted by Gasteiger charge is -2.26. The molecule has 120 valence electrons. The third-order valence-electron chi connectivity index (χ3n) is 3.82. The summed E-state index contributed by atoms with van der Waals surface area (Å²) in [5.74, 6) is 1.89. The molecule has 0 aliphatic rings. The van der Waals surface area contributed by atoms with Gasteiger partial charge in [-0.1, -0.05) is 47.0 Å². The molecule has 1 rings (SSSR count). The molecule has 0 saturated carbocycles. The van der Waals surface area contributed by atoms with Crippen LogP contribution in [0.5, 0.6) is 0 Å². The molecule has 0 aromatic carbocycles. The number of rotatable bonds is 10. The molecule has 0 spiro atoms. The van der Waals surface area contributed by atoms with Crippen LogP contribution in [0.4, 0.5) is 11.6 Å². The second kappa shape index (κ2) is 8.85. The SMILES string of the molecule is CCCCCC(C)(C)CNc1ncnc(NCCC)c1C. The van der Waals surface area contributed by atoms with Gasteiger partial charge in [0, 0.05) is 18.7 Å². The molecule has 21 heavy (non-hydrogen) atoms. The molecule has 0 aliphatic carbocycles. The van der Waals surface area contributed by atoms with Crippen molar-refractivity contribution in [2.45, 2.75) is 66.7 Å². The second-order valence-electron chi connectivity index (χ2n) is 6.60. The van der Waals surface area contributed by atoms with E-state index in [9.17, 15) is 0 Å². The fourth-order valence-corrected chi connectivity index (χ4v) is 2.31. The number of hydrogen-bond acceptors (Lipinski definition) is 4. The summed E-state index contributed by atoms with van der Waals surface area (Å²) >= 11 is 0. The van der Waals surface area contributed by atoms with Crippen molar-refractivity contribution in [3.63, 3.8) is 0 Å². The average molecular weight is 292 g/mol. The number of unbranched alkanes of at least 4 members (excludes halogenated alkanes) is 2. The van der Waals surface area contributed by atoms with E-state index < -0.39 is 0 Å². The molecule has 0 amide bonds. The zero-order valence-electron chi connectivity index (χ0n) is 14.4. The Labute approximate surface area is 130 Å². The Bertz CT molecular complexity index is 415. The number of nitrogens with zero attached hydrogens (tertiary/aromatic N) is 2. The van der Waals surface area contributed by atoms with Gasteiger partial charge < -0.3 is 10.6 Å². The summed E-state index contributed by atoms with van der Waals surface area (Å²) in [6.07, 6.45) is 7.88. The van der Waals surface area contributed by atoms with Crippen LogP contribution >= 0.6 is 0 Å². The van der Waals surface area contributed by atoms with Gasteiger partial charge in [-0.25, -0.2) is 9.97 Å². The Hall–Kier alpha value is -1.32. The van der Waals surface area contributed by atoms with Gasteiger partial charge in [-0.2, -0.15) is 0 Å². The van der Waals surface area contributed by atoms with Crippen molar-refractivity contribution < 1.29 is 0 Å². The largest absolute Gasteiger partial charge is 0.370 e. The summed E-state index contributed by atoms with van der Waals surface area (Å²) in [5, 5.41) is 6.86. The van der Waals surface area contributed by atoms with E-state index in [1.165, 1.54) is 25.7 Å². The van der Waals surface area contributed by atoms with Crippen molar-refractivity contribution in [3.05, 3.63) is 11.9 Å². The molecule has 0 saturated heterocycles. The van der Waals surface area contributed by atoms with Crippen LogP contribution in [-0.4, -0.2) is 23.1 Å². The van der Waals surface area contributed by atoms with Crippen molar-refractivity contribution >= 4 is 11.6 Å². The van der Waals surface area contributed by atoms with Crippen LogP contribution in [0.2, 0.25) is 0 Å². The molecule has 0 atom stereocenters. The van der Waals surface area contributed by atoms with Crippen molar-refractivity contribution in [1.29, 1.82) is 0 Å². The Morgan fingerprint density at radius 3 is 2.29 bits per heavy atom. The fourth-order valence-electron chi connectivity index (χ4n) is 2.31. The number of nitrogens with one attached hydrogen (secondary N) is 2. The first-order valence-electron chi connectivity index (χ1n) is 8.29. The monoisotopic (exact) mass is 292 g/mol. The van der Waals surface area contributed by atoms with Crippen LogP contribution in [0.1, 0.15) is 65.4 Å². The third kappa shape index (κ3) is 6.32. The normalized spacial score (nSPS) is 11.5. The second-order valence-corrected chi connectivity index (χ2v) is 6.60. The average Bonchev–Trinajstić information content (AvgIpc) is 2.45. The highest BCUT2D eigenvalue weighted by Gasteiger charge is 2.18. The van der Waals surface area contributed by atoms with Crippen LogP contribution in [0.3, 0.4) is 0 Å². The van der Waals surface area contributed by atoms with Gasteiger partial charge in [0.1, 0.15) is 18.0 Å². The fraction of sp³-hybridized carbons (Fsp3) is 0.765. The molecule has 4 heteroatoms. The minimum atomic E-state index is 0.295. The Morgan fingerprint density at radius 2 is 1.67 bits per heavy atom. The van der Waals surface area contributed by atoms with Crippen LogP contribution < -0.4 is 10.6 Å². The molecule has 1 aromatic rings. The molecule has 4 nitrogen and oxygen atoms in total. The van der Waals surface area contributed by atoms with Gasteiger partial charge in [0.05, 0.1) is 0 Å². The lowest BCUT2D eigenvalue weighted by molar-refractivity contribution is 0.342. The summed E-state index contributed by atoms with van der Waals surface area (Å²) in [5.41, 5.74) is 1.40. The van der Waals surface area contributed by atoms with Gasteiger partial charge in [-0.15, -0.1) is 0 Å². The predicted octanol–water partition coefficient (Wildman–Crippen LogP) is 4.63. The molecule has 0 aliphatic heterocycles. The van der Waals surface area contributed by atoms with E-state index >= 15 is 0 Å². The van der Waals surface area contributed by atoms with Crippen LogP contribution in [0, 0.1) is 12.3 Å². The maximum absolute atomic E-state index is 4.38. The summed E-state index contributed by atoms with van der Waals surface area (Å²) in [7, 11) is 0. The summed E-state index contributed by atoms with van der Waals surface area (Å²) < 4.78 is 0. The van der Waals surface area contributed by atoms with Gasteiger partial charge in [0.2, 0.25) is 0 Å². The highest BCUT2D eigenvalue weighted by Crippen LogP contribution is 2.25. The number of aromatic nitrogens is 2. The van der Waals surface area contributed by atoms with E-state index in [2.05, 4.69) is 55.2 Å². The molecule has 1 aromatic heterocycles. The zero-order chi connectivity index (χ0) is 15.7. The summed E-state index contributed by atoms with van der Waals surface area (Å²) in [6, 6.07) is 0. The lowest BCUT2D eigenvalue weighted by atomic mass is 9.87. The van der Waals surface area contributed by atoms with Crippen molar-refractivity contribution in [3.8, 4) is 0 Å². The molecular formula is C17H32N4.